The first-order valence-corrected chi connectivity index (χ1v) is 6.32. The van der Waals surface area contributed by atoms with Gasteiger partial charge in [0.1, 0.15) is 6.61 Å². The van der Waals surface area contributed by atoms with Gasteiger partial charge in [-0.25, -0.2) is 0 Å². The summed E-state index contributed by atoms with van der Waals surface area (Å²) in [7, 11) is 0. The first-order valence-electron chi connectivity index (χ1n) is 5.44. The molecule has 0 unspecified atom stereocenters. The molecule has 0 atom stereocenters. The van der Waals surface area contributed by atoms with Gasteiger partial charge in [-0.3, -0.25) is 4.79 Å². The van der Waals surface area contributed by atoms with E-state index >= 15 is 0 Å². The Morgan fingerprint density at radius 2 is 2.31 bits per heavy atom. The molecule has 16 heavy (non-hydrogen) atoms. The fourth-order valence-corrected chi connectivity index (χ4v) is 2.17. The number of hydrogen-bond acceptors (Lipinski definition) is 3. The molecule has 0 bridgehead atoms. The van der Waals surface area contributed by atoms with E-state index in [2.05, 4.69) is 30.6 Å². The van der Waals surface area contributed by atoms with Gasteiger partial charge in [0.2, 0.25) is 5.91 Å². The molecular weight excluding hydrogens is 222 g/mol. The highest BCUT2D eigenvalue weighted by molar-refractivity contribution is 7.10. The predicted octanol–water partition coefficient (Wildman–Crippen LogP) is 2.18. The molecule has 1 amide bonds. The highest BCUT2D eigenvalue weighted by Crippen LogP contribution is 2.26. The molecule has 0 saturated carbocycles. The van der Waals surface area contributed by atoms with Crippen molar-refractivity contribution in [3.63, 3.8) is 0 Å². The maximum atomic E-state index is 11.4. The Morgan fingerprint density at radius 1 is 1.56 bits per heavy atom. The van der Waals surface area contributed by atoms with E-state index in [-0.39, 0.29) is 17.9 Å². The molecule has 0 aliphatic heterocycles. The lowest BCUT2D eigenvalue weighted by molar-refractivity contribution is -0.125. The zero-order valence-electron chi connectivity index (χ0n) is 10.1. The summed E-state index contributed by atoms with van der Waals surface area (Å²) in [4.78, 5) is 12.7. The van der Waals surface area contributed by atoms with Crippen molar-refractivity contribution >= 4 is 17.2 Å². The zero-order valence-corrected chi connectivity index (χ0v) is 10.9. The molecule has 0 radical (unpaired) electrons. The van der Waals surface area contributed by atoms with E-state index in [1.54, 1.807) is 11.3 Å². The van der Waals surface area contributed by atoms with Crippen LogP contribution in [0.1, 0.15) is 25.6 Å². The quantitative estimate of drug-likeness (QED) is 0.829. The molecule has 0 saturated heterocycles. The van der Waals surface area contributed by atoms with Crippen molar-refractivity contribution in [2.24, 2.45) is 0 Å². The smallest absolute Gasteiger partial charge is 0.246 e. The van der Waals surface area contributed by atoms with Crippen LogP contribution in [0.4, 0.5) is 0 Å². The van der Waals surface area contributed by atoms with Gasteiger partial charge in [0.25, 0.3) is 0 Å². The van der Waals surface area contributed by atoms with Gasteiger partial charge in [-0.2, -0.15) is 0 Å². The van der Waals surface area contributed by atoms with Gasteiger partial charge in [0, 0.05) is 23.4 Å². The zero-order chi connectivity index (χ0) is 12.0. The van der Waals surface area contributed by atoms with Crippen molar-refractivity contribution in [3.8, 4) is 0 Å². The Labute approximate surface area is 101 Å². The van der Waals surface area contributed by atoms with Crippen molar-refractivity contribution in [2.75, 3.05) is 19.8 Å². The van der Waals surface area contributed by atoms with E-state index in [1.165, 1.54) is 4.88 Å². The summed E-state index contributed by atoms with van der Waals surface area (Å²) >= 11 is 1.72. The van der Waals surface area contributed by atoms with Gasteiger partial charge >= 0.3 is 0 Å². The van der Waals surface area contributed by atoms with Crippen LogP contribution in [0, 0.1) is 0 Å². The summed E-state index contributed by atoms with van der Waals surface area (Å²) in [5.74, 6) is -0.0496. The Hall–Kier alpha value is -0.870. The van der Waals surface area contributed by atoms with Crippen LogP contribution in [-0.4, -0.2) is 25.7 Å². The number of ether oxygens (including phenoxy) is 1. The Morgan fingerprint density at radius 3 is 2.88 bits per heavy atom. The molecule has 0 spiro atoms. The fraction of sp³-hybridized carbons (Fsp3) is 0.583. The first-order chi connectivity index (χ1) is 7.56. The maximum absolute atomic E-state index is 11.4. The third-order valence-electron chi connectivity index (χ3n) is 2.35. The lowest BCUT2D eigenvalue weighted by Gasteiger charge is -2.23. The van der Waals surface area contributed by atoms with Gasteiger partial charge < -0.3 is 10.1 Å². The van der Waals surface area contributed by atoms with E-state index in [9.17, 15) is 4.79 Å². The van der Waals surface area contributed by atoms with E-state index in [1.807, 2.05) is 13.0 Å². The van der Waals surface area contributed by atoms with Crippen LogP contribution in [-0.2, 0) is 14.9 Å². The Bertz CT molecular complexity index is 320. The molecule has 0 aliphatic rings. The van der Waals surface area contributed by atoms with E-state index < -0.39 is 0 Å². The second-order valence-electron chi connectivity index (χ2n) is 4.28. The van der Waals surface area contributed by atoms with Crippen LogP contribution in [0.5, 0.6) is 0 Å². The van der Waals surface area contributed by atoms with Crippen molar-refractivity contribution in [3.05, 3.63) is 22.4 Å². The monoisotopic (exact) mass is 241 g/mol. The number of rotatable bonds is 6. The summed E-state index contributed by atoms with van der Waals surface area (Å²) in [5, 5.41) is 4.94. The minimum absolute atomic E-state index is 0.0178. The van der Waals surface area contributed by atoms with Crippen molar-refractivity contribution < 1.29 is 9.53 Å². The van der Waals surface area contributed by atoms with Crippen LogP contribution >= 0.6 is 11.3 Å². The molecule has 0 aliphatic carbocycles. The standard InChI is InChI=1S/C12H19NO2S/c1-4-15-8-11(14)13-9-12(2,3)10-6-5-7-16-10/h5-7H,4,8-9H2,1-3H3,(H,13,14). The minimum atomic E-state index is -0.0496. The molecule has 1 aromatic rings. The SMILES string of the molecule is CCOCC(=O)NCC(C)(C)c1cccs1. The van der Waals surface area contributed by atoms with Gasteiger partial charge in [-0.1, -0.05) is 19.9 Å². The summed E-state index contributed by atoms with van der Waals surface area (Å²) in [5.41, 5.74) is -0.0178. The number of nitrogens with one attached hydrogen (secondary N) is 1. The molecule has 1 rings (SSSR count). The molecule has 1 N–H and O–H groups in total. The topological polar surface area (TPSA) is 38.3 Å². The summed E-state index contributed by atoms with van der Waals surface area (Å²) in [6, 6.07) is 4.13. The average molecular weight is 241 g/mol. The number of thiophene rings is 1. The maximum Gasteiger partial charge on any atom is 0.246 e. The second-order valence-corrected chi connectivity index (χ2v) is 5.22. The Balaban J connectivity index is 2.39. The highest BCUT2D eigenvalue weighted by atomic mass is 32.1. The Kier molecular flexibility index (Phi) is 4.96. The lowest BCUT2D eigenvalue weighted by Crippen LogP contribution is -2.38. The van der Waals surface area contributed by atoms with E-state index in [0.29, 0.717) is 13.2 Å². The minimum Gasteiger partial charge on any atom is -0.372 e. The van der Waals surface area contributed by atoms with Gasteiger partial charge in [-0.15, -0.1) is 11.3 Å². The summed E-state index contributed by atoms with van der Waals surface area (Å²) in [6.07, 6.45) is 0. The number of carbonyl (C=O) groups excluding carboxylic acids is 1. The van der Waals surface area contributed by atoms with Crippen molar-refractivity contribution in [1.82, 2.24) is 5.32 Å². The first kappa shape index (κ1) is 13.2. The highest BCUT2D eigenvalue weighted by Gasteiger charge is 2.22. The second kappa shape index (κ2) is 6.01. The molecular formula is C12H19NO2S. The number of hydrogen-bond donors (Lipinski definition) is 1. The van der Waals surface area contributed by atoms with Gasteiger partial charge in [0.05, 0.1) is 0 Å². The average Bonchev–Trinajstić information content (AvgIpc) is 2.77. The molecule has 3 nitrogen and oxygen atoms in total. The largest absolute Gasteiger partial charge is 0.372 e. The number of amides is 1. The molecule has 0 aromatic carbocycles. The number of carbonyl (C=O) groups is 1. The van der Waals surface area contributed by atoms with Crippen LogP contribution in [0.2, 0.25) is 0 Å². The van der Waals surface area contributed by atoms with Crippen molar-refractivity contribution in [2.45, 2.75) is 26.2 Å². The lowest BCUT2D eigenvalue weighted by atomic mass is 9.91. The van der Waals surface area contributed by atoms with Crippen molar-refractivity contribution in [1.29, 1.82) is 0 Å². The molecule has 90 valence electrons. The fourth-order valence-electron chi connectivity index (χ4n) is 1.32. The van der Waals surface area contributed by atoms with E-state index in [4.69, 9.17) is 4.74 Å². The van der Waals surface area contributed by atoms with E-state index in [0.717, 1.165) is 0 Å². The predicted molar refractivity (Wildman–Crippen MR) is 66.8 cm³/mol. The van der Waals surface area contributed by atoms with Gasteiger partial charge in [-0.05, 0) is 18.4 Å². The molecule has 0 fully saturated rings. The molecule has 4 heteroatoms. The van der Waals surface area contributed by atoms with Crippen LogP contribution in [0.25, 0.3) is 0 Å². The summed E-state index contributed by atoms with van der Waals surface area (Å²) < 4.78 is 5.04. The van der Waals surface area contributed by atoms with Crippen LogP contribution < -0.4 is 5.32 Å². The molecule has 1 aromatic heterocycles. The molecule has 1 heterocycles. The summed E-state index contributed by atoms with van der Waals surface area (Å²) in [6.45, 7) is 7.49. The third-order valence-corrected chi connectivity index (χ3v) is 3.59. The van der Waals surface area contributed by atoms with Crippen LogP contribution in [0.3, 0.4) is 0 Å². The normalized spacial score (nSPS) is 11.4. The van der Waals surface area contributed by atoms with Gasteiger partial charge in [0.15, 0.2) is 0 Å². The van der Waals surface area contributed by atoms with Crippen LogP contribution in [0.15, 0.2) is 17.5 Å². The third kappa shape index (κ3) is 3.94.